The Morgan fingerprint density at radius 1 is 1.41 bits per heavy atom. The van der Waals surface area contributed by atoms with Crippen LogP contribution in [0.25, 0.3) is 0 Å². The molecule has 0 saturated heterocycles. The molecule has 2 rings (SSSR count). The molecule has 2 atom stereocenters. The van der Waals surface area contributed by atoms with Crippen LogP contribution in [0.5, 0.6) is 5.75 Å². The van der Waals surface area contributed by atoms with Crippen molar-refractivity contribution in [1.82, 2.24) is 0 Å². The van der Waals surface area contributed by atoms with E-state index in [0.717, 1.165) is 5.56 Å². The molecule has 1 aliphatic rings. The van der Waals surface area contributed by atoms with Crippen LogP contribution in [-0.4, -0.2) is 29.1 Å². The lowest BCUT2D eigenvalue weighted by atomic mass is 9.86. The van der Waals surface area contributed by atoms with Gasteiger partial charge in [-0.2, -0.15) is 0 Å². The number of carboxylic acid groups (broad SMARTS) is 1. The van der Waals surface area contributed by atoms with Crippen LogP contribution in [0.4, 0.5) is 5.69 Å². The second-order valence-electron chi connectivity index (χ2n) is 6.66. The fraction of sp³-hybridized carbons (Fsp3) is 0.529. The highest BCUT2D eigenvalue weighted by atomic mass is 16.5. The molecule has 0 spiro atoms. The van der Waals surface area contributed by atoms with Gasteiger partial charge in [0, 0.05) is 0 Å². The minimum Gasteiger partial charge on any atom is -0.480 e. The highest BCUT2D eigenvalue weighted by molar-refractivity contribution is 6.04. The number of anilines is 1. The lowest BCUT2D eigenvalue weighted by molar-refractivity contribution is -0.141. The fourth-order valence-corrected chi connectivity index (χ4v) is 2.62. The van der Waals surface area contributed by atoms with Crippen molar-refractivity contribution >= 4 is 17.6 Å². The Morgan fingerprint density at radius 2 is 2.05 bits per heavy atom. The molecule has 5 nitrogen and oxygen atoms in total. The van der Waals surface area contributed by atoms with E-state index in [1.165, 1.54) is 4.90 Å². The van der Waals surface area contributed by atoms with Gasteiger partial charge in [0.15, 0.2) is 6.10 Å². The number of aliphatic carboxylic acids is 1. The molecule has 0 saturated carbocycles. The average molecular weight is 305 g/mol. The first-order valence-electron chi connectivity index (χ1n) is 7.54. The van der Waals surface area contributed by atoms with Crippen molar-refractivity contribution in [2.45, 2.75) is 58.6 Å². The lowest BCUT2D eigenvalue weighted by Crippen LogP contribution is -2.52. The monoisotopic (exact) mass is 305 g/mol. The van der Waals surface area contributed by atoms with Gasteiger partial charge in [0.05, 0.1) is 5.69 Å². The van der Waals surface area contributed by atoms with Crippen LogP contribution in [-0.2, 0) is 15.0 Å². The van der Waals surface area contributed by atoms with Gasteiger partial charge in [-0.1, -0.05) is 33.8 Å². The Balaban J connectivity index is 2.60. The van der Waals surface area contributed by atoms with E-state index in [1.807, 2.05) is 18.2 Å². The smallest absolute Gasteiger partial charge is 0.326 e. The highest BCUT2D eigenvalue weighted by Crippen LogP contribution is 2.39. The van der Waals surface area contributed by atoms with Crippen molar-refractivity contribution in [3.63, 3.8) is 0 Å². The largest absolute Gasteiger partial charge is 0.480 e. The van der Waals surface area contributed by atoms with Crippen LogP contribution in [0.1, 0.15) is 46.6 Å². The van der Waals surface area contributed by atoms with E-state index in [4.69, 9.17) is 4.74 Å². The van der Waals surface area contributed by atoms with Crippen LogP contribution < -0.4 is 9.64 Å². The number of nitrogens with zero attached hydrogens (tertiary/aromatic N) is 1. The zero-order valence-electron chi connectivity index (χ0n) is 13.7. The molecule has 1 aromatic rings. The van der Waals surface area contributed by atoms with Crippen LogP contribution in [0.15, 0.2) is 18.2 Å². The Kier molecular flexibility index (Phi) is 4.18. The predicted molar refractivity (Wildman–Crippen MR) is 84.4 cm³/mol. The van der Waals surface area contributed by atoms with Gasteiger partial charge in [-0.3, -0.25) is 9.69 Å². The van der Waals surface area contributed by atoms with Crippen LogP contribution >= 0.6 is 0 Å². The summed E-state index contributed by atoms with van der Waals surface area (Å²) < 4.78 is 5.63. The van der Waals surface area contributed by atoms with E-state index in [0.29, 0.717) is 17.9 Å². The van der Waals surface area contributed by atoms with Gasteiger partial charge in [-0.15, -0.1) is 0 Å². The van der Waals surface area contributed by atoms with E-state index in [1.54, 1.807) is 13.8 Å². The summed E-state index contributed by atoms with van der Waals surface area (Å²) in [5.74, 6) is -0.760. The number of carbonyl (C=O) groups excluding carboxylic acids is 1. The van der Waals surface area contributed by atoms with Gasteiger partial charge in [0.1, 0.15) is 11.8 Å². The zero-order valence-corrected chi connectivity index (χ0v) is 13.7. The van der Waals surface area contributed by atoms with Crippen molar-refractivity contribution in [2.24, 2.45) is 0 Å². The standard InChI is InChI=1S/C17H23NO4/c1-6-12(16(20)21)18-13-9-11(17(3,4)5)7-8-14(13)22-10(2)15(18)19/h7-10,12H,6H2,1-5H3,(H,20,21). The maximum atomic E-state index is 12.5. The molecule has 1 amide bonds. The number of carbonyl (C=O) groups is 2. The number of hydrogen-bond acceptors (Lipinski definition) is 3. The first-order chi connectivity index (χ1) is 10.2. The Bertz CT molecular complexity index is 603. The van der Waals surface area contributed by atoms with Gasteiger partial charge in [0.25, 0.3) is 5.91 Å². The molecule has 120 valence electrons. The summed E-state index contributed by atoms with van der Waals surface area (Å²) in [4.78, 5) is 25.4. The Morgan fingerprint density at radius 3 is 2.55 bits per heavy atom. The zero-order chi connectivity index (χ0) is 16.7. The third-order valence-electron chi connectivity index (χ3n) is 3.96. The van der Waals surface area contributed by atoms with Crippen molar-refractivity contribution in [2.75, 3.05) is 4.90 Å². The number of carboxylic acids is 1. The summed E-state index contributed by atoms with van der Waals surface area (Å²) in [6, 6.07) is 4.76. The maximum absolute atomic E-state index is 12.5. The molecule has 1 N–H and O–H groups in total. The van der Waals surface area contributed by atoms with Crippen molar-refractivity contribution in [3.8, 4) is 5.75 Å². The quantitative estimate of drug-likeness (QED) is 0.932. The van der Waals surface area contributed by atoms with E-state index in [2.05, 4.69) is 20.8 Å². The normalized spacial score (nSPS) is 19.4. The van der Waals surface area contributed by atoms with E-state index < -0.39 is 18.1 Å². The molecule has 22 heavy (non-hydrogen) atoms. The molecule has 0 aliphatic carbocycles. The van der Waals surface area contributed by atoms with Crippen LogP contribution in [0, 0.1) is 0 Å². The number of ether oxygens (including phenoxy) is 1. The van der Waals surface area contributed by atoms with Crippen LogP contribution in [0.2, 0.25) is 0 Å². The lowest BCUT2D eigenvalue weighted by Gasteiger charge is -2.37. The maximum Gasteiger partial charge on any atom is 0.326 e. The van der Waals surface area contributed by atoms with Crippen molar-refractivity contribution < 1.29 is 19.4 Å². The molecule has 1 aliphatic heterocycles. The van der Waals surface area contributed by atoms with Gasteiger partial charge in [-0.25, -0.2) is 4.79 Å². The molecule has 0 radical (unpaired) electrons. The number of amides is 1. The first-order valence-corrected chi connectivity index (χ1v) is 7.54. The molecule has 5 heteroatoms. The topological polar surface area (TPSA) is 66.8 Å². The number of rotatable bonds is 3. The number of fused-ring (bicyclic) bond motifs is 1. The number of hydrogen-bond donors (Lipinski definition) is 1. The number of benzene rings is 1. The summed E-state index contributed by atoms with van der Waals surface area (Å²) in [5.41, 5.74) is 1.48. The fourth-order valence-electron chi connectivity index (χ4n) is 2.62. The second kappa shape index (κ2) is 5.63. The van der Waals surface area contributed by atoms with E-state index in [-0.39, 0.29) is 11.3 Å². The molecular weight excluding hydrogens is 282 g/mol. The highest BCUT2D eigenvalue weighted by Gasteiger charge is 2.39. The minimum atomic E-state index is -1.00. The molecule has 1 heterocycles. The SMILES string of the molecule is CCC(C(=O)O)N1C(=O)C(C)Oc2ccc(C(C)(C)C)cc21. The average Bonchev–Trinajstić information content (AvgIpc) is 2.42. The third-order valence-corrected chi connectivity index (χ3v) is 3.96. The molecule has 2 unspecified atom stereocenters. The summed E-state index contributed by atoms with van der Waals surface area (Å²) >= 11 is 0. The first kappa shape index (κ1) is 16.3. The van der Waals surface area contributed by atoms with E-state index >= 15 is 0 Å². The molecular formula is C17H23NO4. The summed E-state index contributed by atoms with van der Waals surface area (Å²) in [5, 5.41) is 9.45. The van der Waals surface area contributed by atoms with Gasteiger partial charge >= 0.3 is 5.97 Å². The van der Waals surface area contributed by atoms with Gasteiger partial charge in [-0.05, 0) is 36.5 Å². The minimum absolute atomic E-state index is 0.0995. The van der Waals surface area contributed by atoms with Crippen molar-refractivity contribution in [1.29, 1.82) is 0 Å². The molecule has 1 aromatic carbocycles. The summed E-state index contributed by atoms with van der Waals surface area (Å²) in [6.45, 7) is 9.62. The van der Waals surface area contributed by atoms with Crippen LogP contribution in [0.3, 0.4) is 0 Å². The van der Waals surface area contributed by atoms with Gasteiger partial charge < -0.3 is 9.84 Å². The summed E-state index contributed by atoms with van der Waals surface area (Å²) in [7, 11) is 0. The molecule has 0 fully saturated rings. The van der Waals surface area contributed by atoms with E-state index in [9.17, 15) is 14.7 Å². The predicted octanol–water partition coefficient (Wildman–Crippen LogP) is 2.96. The van der Waals surface area contributed by atoms with Crippen molar-refractivity contribution in [3.05, 3.63) is 23.8 Å². The Hall–Kier alpha value is -2.04. The molecule has 0 bridgehead atoms. The van der Waals surface area contributed by atoms with Gasteiger partial charge in [0.2, 0.25) is 0 Å². The Labute approximate surface area is 130 Å². The summed E-state index contributed by atoms with van der Waals surface area (Å²) in [6.07, 6.45) is -0.339. The molecule has 0 aromatic heterocycles. The second-order valence-corrected chi connectivity index (χ2v) is 6.66. The third kappa shape index (κ3) is 2.80.